The molecule has 0 spiro atoms. The van der Waals surface area contributed by atoms with Crippen molar-refractivity contribution in [3.8, 4) is 11.3 Å². The van der Waals surface area contributed by atoms with E-state index >= 15 is 0 Å². The summed E-state index contributed by atoms with van der Waals surface area (Å²) in [6, 6.07) is 7.94. The van der Waals surface area contributed by atoms with Crippen LogP contribution in [0.3, 0.4) is 0 Å². The summed E-state index contributed by atoms with van der Waals surface area (Å²) in [5.41, 5.74) is 2.02. The minimum Gasteiger partial charge on any atom is -0.396 e. The van der Waals surface area contributed by atoms with Crippen LogP contribution in [0.5, 0.6) is 0 Å². The molecular weight excluding hydrogens is 270 g/mol. The van der Waals surface area contributed by atoms with Crippen LogP contribution < -0.4 is 0 Å². The van der Waals surface area contributed by atoms with Crippen molar-refractivity contribution >= 4 is 15.9 Å². The van der Waals surface area contributed by atoms with Crippen LogP contribution in [-0.4, -0.2) is 26.7 Å². The number of aliphatic hydroxyl groups excluding tert-OH is 1. The molecule has 0 aliphatic rings. The summed E-state index contributed by atoms with van der Waals surface area (Å²) < 4.78 is 2.82. The molecule has 0 aliphatic heterocycles. The maximum Gasteiger partial charge on any atom is 0.0896 e. The fourth-order valence-electron chi connectivity index (χ4n) is 1.52. The van der Waals surface area contributed by atoms with Gasteiger partial charge in [0.05, 0.1) is 11.9 Å². The number of rotatable bonds is 4. The van der Waals surface area contributed by atoms with Gasteiger partial charge in [-0.1, -0.05) is 39.3 Å². The van der Waals surface area contributed by atoms with Crippen LogP contribution in [-0.2, 0) is 6.54 Å². The molecule has 16 heavy (non-hydrogen) atoms. The number of aromatic nitrogens is 3. The van der Waals surface area contributed by atoms with Crippen molar-refractivity contribution in [1.29, 1.82) is 0 Å². The monoisotopic (exact) mass is 281 g/mol. The number of hydrogen-bond donors (Lipinski definition) is 1. The van der Waals surface area contributed by atoms with Gasteiger partial charge in [0.25, 0.3) is 0 Å². The highest BCUT2D eigenvalue weighted by Crippen LogP contribution is 2.26. The molecule has 0 radical (unpaired) electrons. The molecular formula is C11H12BrN3O. The van der Waals surface area contributed by atoms with Crippen LogP contribution >= 0.6 is 15.9 Å². The van der Waals surface area contributed by atoms with Gasteiger partial charge in [0, 0.05) is 23.2 Å². The molecule has 2 aromatic rings. The van der Waals surface area contributed by atoms with E-state index in [-0.39, 0.29) is 6.61 Å². The number of aliphatic hydroxyl groups is 1. The van der Waals surface area contributed by atoms with Crippen molar-refractivity contribution in [2.45, 2.75) is 13.0 Å². The van der Waals surface area contributed by atoms with Crippen LogP contribution in [0.1, 0.15) is 6.42 Å². The largest absolute Gasteiger partial charge is 0.396 e. The van der Waals surface area contributed by atoms with Gasteiger partial charge in [-0.3, -0.25) is 0 Å². The second-order valence-electron chi connectivity index (χ2n) is 3.40. The van der Waals surface area contributed by atoms with E-state index in [1.54, 1.807) is 10.9 Å². The van der Waals surface area contributed by atoms with E-state index < -0.39 is 0 Å². The van der Waals surface area contributed by atoms with Gasteiger partial charge in [0.2, 0.25) is 0 Å². The van der Waals surface area contributed by atoms with Gasteiger partial charge in [0.1, 0.15) is 0 Å². The molecule has 0 unspecified atom stereocenters. The third kappa shape index (κ3) is 2.31. The molecule has 1 aromatic heterocycles. The molecule has 0 atom stereocenters. The van der Waals surface area contributed by atoms with Crippen molar-refractivity contribution in [3.05, 3.63) is 34.9 Å². The quantitative estimate of drug-likeness (QED) is 0.934. The van der Waals surface area contributed by atoms with Crippen LogP contribution in [0.2, 0.25) is 0 Å². The summed E-state index contributed by atoms with van der Waals surface area (Å²) in [4.78, 5) is 0. The van der Waals surface area contributed by atoms with E-state index in [0.717, 1.165) is 15.7 Å². The van der Waals surface area contributed by atoms with E-state index in [2.05, 4.69) is 26.2 Å². The van der Waals surface area contributed by atoms with Crippen molar-refractivity contribution in [2.24, 2.45) is 0 Å². The molecule has 0 aliphatic carbocycles. The molecule has 1 heterocycles. The molecule has 1 aromatic carbocycles. The van der Waals surface area contributed by atoms with Crippen LogP contribution in [0.15, 0.2) is 34.9 Å². The van der Waals surface area contributed by atoms with Crippen molar-refractivity contribution < 1.29 is 5.11 Å². The fourth-order valence-corrected chi connectivity index (χ4v) is 2.01. The summed E-state index contributed by atoms with van der Waals surface area (Å²) in [6.07, 6.45) is 2.41. The number of hydrogen-bond acceptors (Lipinski definition) is 3. The summed E-state index contributed by atoms with van der Waals surface area (Å²) in [5.74, 6) is 0. The van der Waals surface area contributed by atoms with Crippen molar-refractivity contribution in [1.82, 2.24) is 15.0 Å². The SMILES string of the molecule is OCCCn1nncc1-c1ccccc1Br. The molecule has 0 amide bonds. The fraction of sp³-hybridized carbons (Fsp3) is 0.273. The maximum atomic E-state index is 8.81. The van der Waals surface area contributed by atoms with Crippen LogP contribution in [0.4, 0.5) is 0 Å². The Balaban J connectivity index is 2.33. The molecule has 0 saturated heterocycles. The predicted molar refractivity (Wildman–Crippen MR) is 64.9 cm³/mol. The van der Waals surface area contributed by atoms with Gasteiger partial charge in [0.15, 0.2) is 0 Å². The van der Waals surface area contributed by atoms with E-state index in [1.807, 2.05) is 24.3 Å². The summed E-state index contributed by atoms with van der Waals surface area (Å²) in [5, 5.41) is 16.7. The summed E-state index contributed by atoms with van der Waals surface area (Å²) >= 11 is 3.50. The smallest absolute Gasteiger partial charge is 0.0896 e. The first-order valence-electron chi connectivity index (χ1n) is 5.07. The molecule has 0 fully saturated rings. The number of benzene rings is 1. The second kappa shape index (κ2) is 5.23. The number of nitrogens with zero attached hydrogens (tertiary/aromatic N) is 3. The summed E-state index contributed by atoms with van der Waals surface area (Å²) in [7, 11) is 0. The Hall–Kier alpha value is -1.20. The van der Waals surface area contributed by atoms with E-state index in [0.29, 0.717) is 13.0 Å². The first-order chi connectivity index (χ1) is 7.83. The average Bonchev–Trinajstić information content (AvgIpc) is 2.75. The predicted octanol–water partition coefficient (Wildman–Crippen LogP) is 2.09. The van der Waals surface area contributed by atoms with Gasteiger partial charge in [-0.05, 0) is 12.5 Å². The van der Waals surface area contributed by atoms with E-state index in [9.17, 15) is 0 Å². The third-order valence-electron chi connectivity index (χ3n) is 2.30. The zero-order valence-electron chi connectivity index (χ0n) is 8.67. The second-order valence-corrected chi connectivity index (χ2v) is 4.25. The minimum atomic E-state index is 0.162. The first-order valence-corrected chi connectivity index (χ1v) is 5.86. The van der Waals surface area contributed by atoms with Gasteiger partial charge in [-0.25, -0.2) is 4.68 Å². The summed E-state index contributed by atoms with van der Waals surface area (Å²) in [6.45, 7) is 0.836. The molecule has 0 bridgehead atoms. The average molecular weight is 282 g/mol. The number of aryl methyl sites for hydroxylation is 1. The Morgan fingerprint density at radius 1 is 1.31 bits per heavy atom. The topological polar surface area (TPSA) is 50.9 Å². The number of halogens is 1. The molecule has 4 nitrogen and oxygen atoms in total. The van der Waals surface area contributed by atoms with Crippen LogP contribution in [0.25, 0.3) is 11.3 Å². The van der Waals surface area contributed by atoms with Gasteiger partial charge in [-0.2, -0.15) is 0 Å². The lowest BCUT2D eigenvalue weighted by Gasteiger charge is -2.06. The van der Waals surface area contributed by atoms with Gasteiger partial charge < -0.3 is 5.11 Å². The highest BCUT2D eigenvalue weighted by atomic mass is 79.9. The van der Waals surface area contributed by atoms with Gasteiger partial charge in [-0.15, -0.1) is 5.10 Å². The first kappa shape index (κ1) is 11.3. The Morgan fingerprint density at radius 3 is 2.88 bits per heavy atom. The van der Waals surface area contributed by atoms with Gasteiger partial charge >= 0.3 is 0 Å². The Bertz CT molecular complexity index is 470. The Morgan fingerprint density at radius 2 is 2.12 bits per heavy atom. The molecule has 84 valence electrons. The highest BCUT2D eigenvalue weighted by Gasteiger charge is 2.08. The van der Waals surface area contributed by atoms with Crippen molar-refractivity contribution in [2.75, 3.05) is 6.61 Å². The van der Waals surface area contributed by atoms with Crippen LogP contribution in [0, 0.1) is 0 Å². The minimum absolute atomic E-state index is 0.162. The highest BCUT2D eigenvalue weighted by molar-refractivity contribution is 9.10. The molecule has 0 saturated carbocycles. The molecule has 5 heteroatoms. The normalized spacial score (nSPS) is 10.6. The zero-order valence-corrected chi connectivity index (χ0v) is 10.3. The van der Waals surface area contributed by atoms with Crippen molar-refractivity contribution in [3.63, 3.8) is 0 Å². The van der Waals surface area contributed by atoms with E-state index in [1.165, 1.54) is 0 Å². The standard InChI is InChI=1S/C11H12BrN3O/c12-10-5-2-1-4-9(10)11-8-13-14-15(11)6-3-7-16/h1-2,4-5,8,16H,3,6-7H2. The Kier molecular flexibility index (Phi) is 3.69. The zero-order chi connectivity index (χ0) is 11.4. The molecule has 2 rings (SSSR count). The lowest BCUT2D eigenvalue weighted by atomic mass is 10.2. The van der Waals surface area contributed by atoms with E-state index in [4.69, 9.17) is 5.11 Å². The third-order valence-corrected chi connectivity index (χ3v) is 2.99. The Labute approximate surface area is 102 Å². The maximum absolute atomic E-state index is 8.81. The lowest BCUT2D eigenvalue weighted by Crippen LogP contribution is -2.04. The lowest BCUT2D eigenvalue weighted by molar-refractivity contribution is 0.276. The molecule has 1 N–H and O–H groups in total.